The van der Waals surface area contributed by atoms with E-state index >= 15 is 0 Å². The van der Waals surface area contributed by atoms with Crippen molar-refractivity contribution in [3.05, 3.63) is 71.8 Å². The van der Waals surface area contributed by atoms with Crippen LogP contribution in [0.1, 0.15) is 31.0 Å². The van der Waals surface area contributed by atoms with Crippen LogP contribution in [-0.4, -0.2) is 67.5 Å². The van der Waals surface area contributed by atoms with Gasteiger partial charge in [-0.1, -0.05) is 60.7 Å². The number of hydrogen-bond acceptors (Lipinski definition) is 7. The van der Waals surface area contributed by atoms with E-state index in [1.807, 2.05) is 79.2 Å². The van der Waals surface area contributed by atoms with Crippen molar-refractivity contribution in [1.82, 2.24) is 9.78 Å². The van der Waals surface area contributed by atoms with Gasteiger partial charge in [-0.05, 0) is 19.4 Å². The van der Waals surface area contributed by atoms with Gasteiger partial charge < -0.3 is 29.9 Å². The van der Waals surface area contributed by atoms with Crippen LogP contribution in [0.3, 0.4) is 0 Å². The van der Waals surface area contributed by atoms with Crippen molar-refractivity contribution in [2.45, 2.75) is 57.0 Å². The van der Waals surface area contributed by atoms with Gasteiger partial charge >= 0.3 is 0 Å². The van der Waals surface area contributed by atoms with E-state index in [0.29, 0.717) is 6.42 Å². The Morgan fingerprint density at radius 2 is 1.58 bits per heavy atom. The molecule has 0 radical (unpaired) electrons. The molecule has 1 aromatic heterocycles. The highest BCUT2D eigenvalue weighted by molar-refractivity contribution is 5.67. The number of aliphatic hydroxyl groups excluding tert-OH is 4. The van der Waals surface area contributed by atoms with Gasteiger partial charge in [0.25, 0.3) is 0 Å². The topological polar surface area (TPSA) is 117 Å². The molecule has 0 spiro atoms. The molecule has 0 unspecified atom stereocenters. The third-order valence-corrected chi connectivity index (χ3v) is 5.81. The molecule has 0 aliphatic carbocycles. The van der Waals surface area contributed by atoms with E-state index in [-0.39, 0.29) is 11.9 Å². The summed E-state index contributed by atoms with van der Waals surface area (Å²) >= 11 is 0. The molecule has 33 heavy (non-hydrogen) atoms. The van der Waals surface area contributed by atoms with Gasteiger partial charge in [0.1, 0.15) is 24.4 Å². The molecule has 4 N–H and O–H groups in total. The minimum Gasteiger partial charge on any atom is -0.443 e. The zero-order valence-corrected chi connectivity index (χ0v) is 18.7. The third kappa shape index (κ3) is 4.80. The Morgan fingerprint density at radius 3 is 2.18 bits per heavy atom. The number of rotatable bonds is 7. The maximum Gasteiger partial charge on any atom is 0.239 e. The van der Waals surface area contributed by atoms with Gasteiger partial charge in [-0.2, -0.15) is 0 Å². The summed E-state index contributed by atoms with van der Waals surface area (Å²) in [5, 5.41) is 45.0. The number of nitrogens with zero attached hydrogens (tertiary/aromatic N) is 2. The first-order chi connectivity index (χ1) is 15.9. The van der Waals surface area contributed by atoms with Crippen molar-refractivity contribution in [3.8, 4) is 17.1 Å². The third-order valence-electron chi connectivity index (χ3n) is 5.81. The summed E-state index contributed by atoms with van der Waals surface area (Å²) < 4.78 is 13.5. The monoisotopic (exact) mass is 454 g/mol. The smallest absolute Gasteiger partial charge is 0.239 e. The summed E-state index contributed by atoms with van der Waals surface area (Å²) in [7, 11) is 0. The molecule has 1 aliphatic rings. The van der Waals surface area contributed by atoms with Gasteiger partial charge in [-0.25, -0.2) is 0 Å². The minimum absolute atomic E-state index is 0.0156. The Balaban J connectivity index is 1.78. The van der Waals surface area contributed by atoms with E-state index in [9.17, 15) is 20.4 Å². The van der Waals surface area contributed by atoms with Gasteiger partial charge in [0.2, 0.25) is 12.2 Å². The molecule has 0 saturated carbocycles. The summed E-state index contributed by atoms with van der Waals surface area (Å²) in [5.41, 5.74) is 3.71. The van der Waals surface area contributed by atoms with Gasteiger partial charge in [-0.15, -0.1) is 5.10 Å². The molecular weight excluding hydrogens is 424 g/mol. The van der Waals surface area contributed by atoms with Crippen LogP contribution in [0.2, 0.25) is 0 Å². The van der Waals surface area contributed by atoms with Crippen LogP contribution >= 0.6 is 0 Å². The lowest BCUT2D eigenvalue weighted by atomic mass is 9.99. The van der Waals surface area contributed by atoms with Gasteiger partial charge in [-0.3, -0.25) is 4.68 Å². The first kappa shape index (κ1) is 23.4. The fourth-order valence-electron chi connectivity index (χ4n) is 4.05. The number of ether oxygens (including phenoxy) is 2. The summed E-state index contributed by atoms with van der Waals surface area (Å²) in [6.45, 7) is 3.50. The van der Waals surface area contributed by atoms with Crippen molar-refractivity contribution in [3.63, 3.8) is 0 Å². The predicted octanol–water partition coefficient (Wildman–Crippen LogP) is 1.90. The van der Waals surface area contributed by atoms with Crippen LogP contribution in [0.5, 0.6) is 5.88 Å². The van der Waals surface area contributed by atoms with E-state index < -0.39 is 37.3 Å². The van der Waals surface area contributed by atoms with Crippen LogP contribution in [0.15, 0.2) is 60.7 Å². The maximum atomic E-state index is 10.5. The summed E-state index contributed by atoms with van der Waals surface area (Å²) in [4.78, 5) is 0. The Hall–Kier alpha value is -2.75. The van der Waals surface area contributed by atoms with Gasteiger partial charge in [0.15, 0.2) is 0 Å². The molecule has 3 aromatic rings. The van der Waals surface area contributed by atoms with E-state index in [1.165, 1.54) is 0 Å². The second-order valence-corrected chi connectivity index (χ2v) is 8.51. The zero-order chi connectivity index (χ0) is 23.5. The standard InChI is InChI=1S/C25H30N2O6/c1-15(2)27-20(17-11-7-4-8-12-17)18(13-16-9-5-3-6-10-16)24(26-27)33-25-23(31)22(30)21(29)19(14-28)32-25/h3-12,15,19,21-23,25,28-31H,13-14H2,1-2H3/t19-,21-,22+,23-,25+/m1/s1. The molecule has 1 aliphatic heterocycles. The van der Waals surface area contributed by atoms with Crippen LogP contribution < -0.4 is 4.74 Å². The molecule has 0 amide bonds. The van der Waals surface area contributed by atoms with Gasteiger partial charge in [0.05, 0.1) is 12.3 Å². The fourth-order valence-corrected chi connectivity index (χ4v) is 4.05. The average Bonchev–Trinajstić information content (AvgIpc) is 3.18. The molecule has 176 valence electrons. The van der Waals surface area contributed by atoms with Crippen LogP contribution in [0.25, 0.3) is 11.3 Å². The molecule has 8 nitrogen and oxygen atoms in total. The van der Waals surface area contributed by atoms with E-state index in [4.69, 9.17) is 14.6 Å². The van der Waals surface area contributed by atoms with Crippen molar-refractivity contribution in [2.24, 2.45) is 0 Å². The number of benzene rings is 2. The Bertz CT molecular complexity index is 1040. The van der Waals surface area contributed by atoms with Crippen LogP contribution in [0, 0.1) is 0 Å². The molecule has 2 aromatic carbocycles. The predicted molar refractivity (Wildman–Crippen MR) is 122 cm³/mol. The SMILES string of the molecule is CC(C)n1nc(O[C@@H]2O[C@H](CO)[C@@H](O)[C@H](O)[C@H]2O)c(Cc2ccccc2)c1-c1ccccc1. The highest BCUT2D eigenvalue weighted by Crippen LogP contribution is 2.36. The Kier molecular flexibility index (Phi) is 7.11. The van der Waals surface area contributed by atoms with Crippen molar-refractivity contribution in [1.29, 1.82) is 0 Å². The maximum absolute atomic E-state index is 10.5. The fraction of sp³-hybridized carbons (Fsp3) is 0.400. The summed E-state index contributed by atoms with van der Waals surface area (Å²) in [6, 6.07) is 19.8. The van der Waals surface area contributed by atoms with E-state index in [0.717, 1.165) is 22.4 Å². The van der Waals surface area contributed by atoms with Crippen molar-refractivity contribution >= 4 is 0 Å². The summed E-state index contributed by atoms with van der Waals surface area (Å²) in [5.74, 6) is 0.260. The number of hydrogen-bond donors (Lipinski definition) is 4. The lowest BCUT2D eigenvalue weighted by Gasteiger charge is -2.39. The number of aliphatic hydroxyl groups is 4. The van der Waals surface area contributed by atoms with Crippen molar-refractivity contribution < 1.29 is 29.9 Å². The second-order valence-electron chi connectivity index (χ2n) is 8.51. The number of aromatic nitrogens is 2. The molecule has 1 saturated heterocycles. The zero-order valence-electron chi connectivity index (χ0n) is 18.7. The second kappa shape index (κ2) is 10.0. The van der Waals surface area contributed by atoms with Gasteiger partial charge in [0, 0.05) is 23.6 Å². The molecule has 0 bridgehead atoms. The first-order valence-electron chi connectivity index (χ1n) is 11.1. The van der Waals surface area contributed by atoms with Crippen LogP contribution in [-0.2, 0) is 11.2 Å². The highest BCUT2D eigenvalue weighted by atomic mass is 16.7. The first-order valence-corrected chi connectivity index (χ1v) is 11.1. The Morgan fingerprint density at radius 1 is 0.939 bits per heavy atom. The highest BCUT2D eigenvalue weighted by Gasteiger charge is 2.45. The molecule has 2 heterocycles. The largest absolute Gasteiger partial charge is 0.443 e. The van der Waals surface area contributed by atoms with E-state index in [2.05, 4.69) is 0 Å². The average molecular weight is 455 g/mol. The summed E-state index contributed by atoms with van der Waals surface area (Å²) in [6.07, 6.45) is -6.36. The molecule has 4 rings (SSSR count). The molecular formula is C25H30N2O6. The quantitative estimate of drug-likeness (QED) is 0.431. The lowest BCUT2D eigenvalue weighted by Crippen LogP contribution is -2.60. The lowest BCUT2D eigenvalue weighted by molar-refractivity contribution is -0.278. The minimum atomic E-state index is -1.53. The normalized spacial score (nSPS) is 25.4. The molecule has 8 heteroatoms. The van der Waals surface area contributed by atoms with Crippen molar-refractivity contribution in [2.75, 3.05) is 6.61 Å². The Labute approximate surface area is 192 Å². The van der Waals surface area contributed by atoms with E-state index in [1.54, 1.807) is 0 Å². The van der Waals surface area contributed by atoms with Crippen LogP contribution in [0.4, 0.5) is 0 Å². The molecule has 1 fully saturated rings. The molecule has 5 atom stereocenters.